The molecule has 11 heavy (non-hydrogen) atoms. The highest BCUT2D eigenvalue weighted by molar-refractivity contribution is 5.21. The van der Waals surface area contributed by atoms with E-state index in [9.17, 15) is 10.2 Å². The van der Waals surface area contributed by atoms with E-state index in [2.05, 4.69) is 13.8 Å². The molecule has 0 aliphatic heterocycles. The van der Waals surface area contributed by atoms with E-state index < -0.39 is 5.79 Å². The molecule has 3 fully saturated rings. The predicted molar refractivity (Wildman–Crippen MR) is 41.8 cm³/mol. The number of hydrogen-bond acceptors (Lipinski definition) is 2. The molecule has 0 aromatic rings. The Balaban J connectivity index is 2.43. The molecule has 64 valence electrons. The van der Waals surface area contributed by atoms with Crippen LogP contribution in [0.1, 0.15) is 33.6 Å². The molecule has 2 heteroatoms. The smallest absolute Gasteiger partial charge is 0.171 e. The second kappa shape index (κ2) is 1.50. The van der Waals surface area contributed by atoms with Crippen LogP contribution in [0, 0.1) is 16.7 Å². The zero-order valence-electron chi connectivity index (χ0n) is 7.39. The standard InChI is InChI=1S/C9H16O2/c1-7(2)6-4-5-8(7,3)9(6,10)11/h6,10-11H,4-5H2,1-3H3. The van der Waals surface area contributed by atoms with Crippen LogP contribution >= 0.6 is 0 Å². The van der Waals surface area contributed by atoms with E-state index in [1.807, 2.05) is 6.92 Å². The van der Waals surface area contributed by atoms with E-state index in [4.69, 9.17) is 0 Å². The minimum atomic E-state index is -1.38. The molecule has 2 atom stereocenters. The molecule has 2 nitrogen and oxygen atoms in total. The van der Waals surface area contributed by atoms with Crippen molar-refractivity contribution in [1.29, 1.82) is 0 Å². The summed E-state index contributed by atoms with van der Waals surface area (Å²) in [6.45, 7) is 6.25. The molecule has 0 spiro atoms. The van der Waals surface area contributed by atoms with Crippen molar-refractivity contribution >= 4 is 0 Å². The predicted octanol–water partition coefficient (Wildman–Crippen LogP) is 1.12. The molecule has 0 heterocycles. The molecule has 3 aliphatic carbocycles. The van der Waals surface area contributed by atoms with Crippen LogP contribution in [0.4, 0.5) is 0 Å². The monoisotopic (exact) mass is 156 g/mol. The molecule has 0 aromatic heterocycles. The van der Waals surface area contributed by atoms with Gasteiger partial charge in [0.25, 0.3) is 0 Å². The first-order valence-corrected chi connectivity index (χ1v) is 4.29. The first-order valence-electron chi connectivity index (χ1n) is 4.29. The molecule has 2 bridgehead atoms. The van der Waals surface area contributed by atoms with Crippen LogP contribution in [0.15, 0.2) is 0 Å². The fraction of sp³-hybridized carbons (Fsp3) is 1.00. The van der Waals surface area contributed by atoms with Crippen LogP contribution in [0.3, 0.4) is 0 Å². The lowest BCUT2D eigenvalue weighted by Gasteiger charge is -2.62. The Morgan fingerprint density at radius 1 is 1.18 bits per heavy atom. The van der Waals surface area contributed by atoms with Crippen LogP contribution in [-0.2, 0) is 0 Å². The highest BCUT2D eigenvalue weighted by Gasteiger charge is 2.77. The van der Waals surface area contributed by atoms with Gasteiger partial charge in [0.1, 0.15) is 0 Å². The van der Waals surface area contributed by atoms with Crippen molar-refractivity contribution in [3.05, 3.63) is 0 Å². The molecule has 2 N–H and O–H groups in total. The van der Waals surface area contributed by atoms with Crippen LogP contribution in [0.5, 0.6) is 0 Å². The molecular weight excluding hydrogens is 140 g/mol. The summed E-state index contributed by atoms with van der Waals surface area (Å²) in [6.07, 6.45) is 1.92. The van der Waals surface area contributed by atoms with Crippen molar-refractivity contribution in [1.82, 2.24) is 0 Å². The fourth-order valence-electron chi connectivity index (χ4n) is 3.17. The highest BCUT2D eigenvalue weighted by Crippen LogP contribution is 2.74. The van der Waals surface area contributed by atoms with Gasteiger partial charge in [0.05, 0.1) is 0 Å². The largest absolute Gasteiger partial charge is 0.365 e. The van der Waals surface area contributed by atoms with Crippen LogP contribution < -0.4 is 0 Å². The van der Waals surface area contributed by atoms with Gasteiger partial charge in [-0.15, -0.1) is 0 Å². The van der Waals surface area contributed by atoms with Gasteiger partial charge in [0.2, 0.25) is 0 Å². The van der Waals surface area contributed by atoms with Gasteiger partial charge in [-0.3, -0.25) is 0 Å². The van der Waals surface area contributed by atoms with E-state index >= 15 is 0 Å². The first kappa shape index (κ1) is 7.56. The lowest BCUT2D eigenvalue weighted by Crippen LogP contribution is -2.68. The van der Waals surface area contributed by atoms with E-state index in [0.29, 0.717) is 0 Å². The summed E-state index contributed by atoms with van der Waals surface area (Å²) in [5.41, 5.74) is -0.138. The van der Waals surface area contributed by atoms with Gasteiger partial charge in [-0.1, -0.05) is 20.8 Å². The summed E-state index contributed by atoms with van der Waals surface area (Å²) in [7, 11) is 0. The minimum absolute atomic E-state index is 0.0972. The maximum Gasteiger partial charge on any atom is 0.171 e. The first-order chi connectivity index (χ1) is 4.84. The van der Waals surface area contributed by atoms with Crippen LogP contribution in [0.25, 0.3) is 0 Å². The summed E-state index contributed by atoms with van der Waals surface area (Å²) in [5.74, 6) is -1.28. The molecule has 2 unspecified atom stereocenters. The van der Waals surface area contributed by atoms with Crippen molar-refractivity contribution in [2.24, 2.45) is 16.7 Å². The fourth-order valence-corrected chi connectivity index (χ4v) is 3.17. The van der Waals surface area contributed by atoms with Crippen molar-refractivity contribution in [3.8, 4) is 0 Å². The third-order valence-electron chi connectivity index (χ3n) is 4.52. The van der Waals surface area contributed by atoms with Gasteiger partial charge in [0.15, 0.2) is 5.79 Å². The lowest BCUT2D eigenvalue weighted by atomic mass is 9.47. The Hall–Kier alpha value is -0.0800. The maximum atomic E-state index is 9.66. The number of hydrogen-bond donors (Lipinski definition) is 2. The quantitative estimate of drug-likeness (QED) is 0.516. The topological polar surface area (TPSA) is 40.5 Å². The van der Waals surface area contributed by atoms with E-state index in [1.54, 1.807) is 0 Å². The van der Waals surface area contributed by atoms with Crippen LogP contribution in [0.2, 0.25) is 0 Å². The Morgan fingerprint density at radius 3 is 1.82 bits per heavy atom. The molecule has 0 aromatic carbocycles. The van der Waals surface area contributed by atoms with Gasteiger partial charge in [-0.2, -0.15) is 0 Å². The van der Waals surface area contributed by atoms with Crippen LogP contribution in [-0.4, -0.2) is 16.0 Å². The van der Waals surface area contributed by atoms with E-state index in [-0.39, 0.29) is 16.7 Å². The third-order valence-corrected chi connectivity index (χ3v) is 4.52. The Kier molecular flexibility index (Phi) is 1.03. The van der Waals surface area contributed by atoms with Gasteiger partial charge in [-0.05, 0) is 18.3 Å². The molecule has 0 saturated heterocycles. The Labute approximate surface area is 67.2 Å². The summed E-state index contributed by atoms with van der Waals surface area (Å²) in [5, 5.41) is 19.3. The highest BCUT2D eigenvalue weighted by atomic mass is 16.5. The maximum absolute atomic E-state index is 9.66. The normalized spacial score (nSPS) is 50.5. The van der Waals surface area contributed by atoms with Crippen molar-refractivity contribution < 1.29 is 10.2 Å². The summed E-state index contributed by atoms with van der Waals surface area (Å²) in [6, 6.07) is 0. The van der Waals surface area contributed by atoms with E-state index in [1.165, 1.54) is 0 Å². The number of rotatable bonds is 0. The third kappa shape index (κ3) is 0.482. The molecule has 3 saturated carbocycles. The Morgan fingerprint density at radius 2 is 1.73 bits per heavy atom. The van der Waals surface area contributed by atoms with Crippen molar-refractivity contribution in [2.75, 3.05) is 0 Å². The average Bonchev–Trinajstić information content (AvgIpc) is 2.19. The van der Waals surface area contributed by atoms with Gasteiger partial charge in [-0.25, -0.2) is 0 Å². The second-order valence-electron chi connectivity index (χ2n) is 4.87. The van der Waals surface area contributed by atoms with Gasteiger partial charge >= 0.3 is 0 Å². The van der Waals surface area contributed by atoms with Gasteiger partial charge < -0.3 is 10.2 Å². The average molecular weight is 156 g/mol. The SMILES string of the molecule is CC1(C)C2CCC1(C)C2(O)O. The zero-order chi connectivity index (χ0) is 8.49. The Bertz CT molecular complexity index is 190. The van der Waals surface area contributed by atoms with Crippen molar-refractivity contribution in [3.63, 3.8) is 0 Å². The zero-order valence-corrected chi connectivity index (χ0v) is 7.39. The second-order valence-corrected chi connectivity index (χ2v) is 4.87. The summed E-state index contributed by atoms with van der Waals surface area (Å²) >= 11 is 0. The number of aliphatic hydroxyl groups is 2. The minimum Gasteiger partial charge on any atom is -0.365 e. The molecule has 0 radical (unpaired) electrons. The molecule has 3 aliphatic rings. The molecule has 0 amide bonds. The number of fused-ring (bicyclic) bond motifs is 1. The van der Waals surface area contributed by atoms with E-state index in [0.717, 1.165) is 12.8 Å². The van der Waals surface area contributed by atoms with Crippen molar-refractivity contribution in [2.45, 2.75) is 39.4 Å². The summed E-state index contributed by atoms with van der Waals surface area (Å²) in [4.78, 5) is 0. The molecule has 3 rings (SSSR count). The molecular formula is C9H16O2. The lowest BCUT2D eigenvalue weighted by molar-refractivity contribution is -0.367. The summed E-state index contributed by atoms with van der Waals surface area (Å²) < 4.78 is 0. The van der Waals surface area contributed by atoms with Gasteiger partial charge in [0, 0.05) is 11.3 Å².